The smallest absolute Gasteiger partial charge is 0.227 e. The molecular weight excluding hydrogens is 302 g/mol. The first-order valence-electron chi connectivity index (χ1n) is 8.20. The van der Waals surface area contributed by atoms with Crippen LogP contribution in [0.4, 0.5) is 0 Å². The van der Waals surface area contributed by atoms with Gasteiger partial charge < -0.3 is 14.8 Å². The zero-order valence-corrected chi connectivity index (χ0v) is 14.4. The van der Waals surface area contributed by atoms with Gasteiger partial charge in [-0.15, -0.1) is 0 Å². The molecule has 0 saturated carbocycles. The molecule has 1 aliphatic rings. The molecule has 0 fully saturated rings. The van der Waals surface area contributed by atoms with Crippen molar-refractivity contribution < 1.29 is 14.3 Å². The monoisotopic (exact) mass is 325 g/mol. The number of carbonyl (C=O) groups excluding carboxylic acids is 1. The van der Waals surface area contributed by atoms with Crippen LogP contribution in [-0.2, 0) is 17.8 Å². The Morgan fingerprint density at radius 1 is 1.25 bits per heavy atom. The molecule has 0 aliphatic carbocycles. The minimum atomic E-state index is -0.171. The number of nitrogens with one attached hydrogen (secondary N) is 1. The van der Waals surface area contributed by atoms with Gasteiger partial charge in [-0.05, 0) is 55.2 Å². The summed E-state index contributed by atoms with van der Waals surface area (Å²) in [6.45, 7) is 5.10. The molecule has 0 bridgehead atoms. The molecule has 1 atom stereocenters. The van der Waals surface area contributed by atoms with Crippen molar-refractivity contribution in [2.24, 2.45) is 5.92 Å². The first-order chi connectivity index (χ1) is 11.6. The molecule has 3 rings (SSSR count). The predicted octanol–water partition coefficient (Wildman–Crippen LogP) is 3.18. The lowest BCUT2D eigenvalue weighted by molar-refractivity contribution is -0.126. The zero-order valence-electron chi connectivity index (χ0n) is 14.4. The number of hydrogen-bond acceptors (Lipinski definition) is 3. The molecule has 24 heavy (non-hydrogen) atoms. The second-order valence-electron chi connectivity index (χ2n) is 6.33. The third-order valence-electron chi connectivity index (χ3n) is 4.50. The number of carbonyl (C=O) groups is 1. The molecule has 0 spiro atoms. The van der Waals surface area contributed by atoms with Gasteiger partial charge in [0.25, 0.3) is 0 Å². The second kappa shape index (κ2) is 6.95. The number of fused-ring (bicyclic) bond motifs is 1. The Bertz CT molecular complexity index is 755. The summed E-state index contributed by atoms with van der Waals surface area (Å²) in [6, 6.07) is 12.0. The minimum absolute atomic E-state index is 0.0310. The van der Waals surface area contributed by atoms with Crippen molar-refractivity contribution in [1.29, 1.82) is 0 Å². The molecule has 1 aliphatic heterocycles. The average Bonchev–Trinajstić information content (AvgIpc) is 2.59. The van der Waals surface area contributed by atoms with Crippen LogP contribution in [-0.4, -0.2) is 19.6 Å². The van der Waals surface area contributed by atoms with E-state index < -0.39 is 0 Å². The molecule has 0 saturated heterocycles. The van der Waals surface area contributed by atoms with E-state index in [-0.39, 0.29) is 11.8 Å². The molecule has 2 aromatic carbocycles. The van der Waals surface area contributed by atoms with E-state index in [1.807, 2.05) is 18.2 Å². The van der Waals surface area contributed by atoms with Crippen LogP contribution >= 0.6 is 0 Å². The van der Waals surface area contributed by atoms with Crippen LogP contribution in [0.2, 0.25) is 0 Å². The van der Waals surface area contributed by atoms with Gasteiger partial charge >= 0.3 is 0 Å². The molecule has 4 nitrogen and oxygen atoms in total. The van der Waals surface area contributed by atoms with Crippen molar-refractivity contribution in [3.63, 3.8) is 0 Å². The van der Waals surface area contributed by atoms with Gasteiger partial charge in [0.2, 0.25) is 5.91 Å². The van der Waals surface area contributed by atoms with Gasteiger partial charge in [0.05, 0.1) is 13.0 Å². The van der Waals surface area contributed by atoms with E-state index in [1.165, 1.54) is 11.1 Å². The van der Waals surface area contributed by atoms with Crippen molar-refractivity contribution in [3.05, 3.63) is 58.7 Å². The molecule has 0 aromatic heterocycles. The highest BCUT2D eigenvalue weighted by atomic mass is 16.5. The van der Waals surface area contributed by atoms with Crippen LogP contribution in [0.3, 0.4) is 0 Å². The third kappa shape index (κ3) is 3.53. The topological polar surface area (TPSA) is 47.6 Å². The van der Waals surface area contributed by atoms with E-state index in [0.29, 0.717) is 19.6 Å². The minimum Gasteiger partial charge on any atom is -0.497 e. The molecule has 1 amide bonds. The fraction of sp³-hybridized carbons (Fsp3) is 0.350. The molecule has 0 radical (unpaired) electrons. The van der Waals surface area contributed by atoms with Gasteiger partial charge in [-0.1, -0.05) is 23.8 Å². The predicted molar refractivity (Wildman–Crippen MR) is 93.4 cm³/mol. The molecule has 2 aromatic rings. The highest BCUT2D eigenvalue weighted by Gasteiger charge is 2.26. The maximum Gasteiger partial charge on any atom is 0.227 e. The number of hydrogen-bond donors (Lipinski definition) is 1. The number of ether oxygens (including phenoxy) is 2. The summed E-state index contributed by atoms with van der Waals surface area (Å²) in [5.74, 6) is 1.49. The van der Waals surface area contributed by atoms with Gasteiger partial charge in [-0.3, -0.25) is 4.79 Å². The SMILES string of the molecule is COc1ccc2c(c1)CC(C(=O)NCc1ccc(C)cc1C)CO2. The second-order valence-corrected chi connectivity index (χ2v) is 6.33. The first kappa shape index (κ1) is 16.4. The van der Waals surface area contributed by atoms with Crippen molar-refractivity contribution in [2.75, 3.05) is 13.7 Å². The van der Waals surface area contributed by atoms with Crippen LogP contribution < -0.4 is 14.8 Å². The summed E-state index contributed by atoms with van der Waals surface area (Å²) in [5.41, 5.74) is 4.60. The highest BCUT2D eigenvalue weighted by Crippen LogP contribution is 2.30. The standard InChI is InChI=1S/C20H23NO3/c1-13-4-5-15(14(2)8-13)11-21-20(22)17-9-16-10-18(23-3)6-7-19(16)24-12-17/h4-8,10,17H,9,11-12H2,1-3H3,(H,21,22). The first-order valence-corrected chi connectivity index (χ1v) is 8.20. The van der Waals surface area contributed by atoms with Crippen molar-refractivity contribution in [1.82, 2.24) is 5.32 Å². The van der Waals surface area contributed by atoms with Crippen molar-refractivity contribution in [3.8, 4) is 11.5 Å². The Balaban J connectivity index is 1.63. The Morgan fingerprint density at radius 2 is 2.08 bits per heavy atom. The van der Waals surface area contributed by atoms with E-state index >= 15 is 0 Å². The highest BCUT2D eigenvalue weighted by molar-refractivity contribution is 5.79. The normalized spacial score (nSPS) is 16.0. The third-order valence-corrected chi connectivity index (χ3v) is 4.50. The molecule has 1 N–H and O–H groups in total. The fourth-order valence-electron chi connectivity index (χ4n) is 3.04. The lowest BCUT2D eigenvalue weighted by atomic mass is 9.95. The Hall–Kier alpha value is -2.49. The Labute approximate surface area is 142 Å². The Morgan fingerprint density at radius 3 is 2.83 bits per heavy atom. The largest absolute Gasteiger partial charge is 0.497 e. The van der Waals surface area contributed by atoms with Crippen LogP contribution in [0.1, 0.15) is 22.3 Å². The summed E-state index contributed by atoms with van der Waals surface area (Å²) < 4.78 is 11.0. The summed E-state index contributed by atoms with van der Waals surface area (Å²) in [6.07, 6.45) is 0.672. The van der Waals surface area contributed by atoms with Gasteiger partial charge in [-0.25, -0.2) is 0 Å². The number of benzene rings is 2. The molecule has 4 heteroatoms. The van der Waals surface area contributed by atoms with Gasteiger partial charge in [-0.2, -0.15) is 0 Å². The maximum atomic E-state index is 12.5. The molecule has 126 valence electrons. The van der Waals surface area contributed by atoms with Gasteiger partial charge in [0.15, 0.2) is 0 Å². The van der Waals surface area contributed by atoms with E-state index in [9.17, 15) is 4.79 Å². The van der Waals surface area contributed by atoms with Gasteiger partial charge in [0.1, 0.15) is 18.1 Å². The lowest BCUT2D eigenvalue weighted by Gasteiger charge is -2.25. The summed E-state index contributed by atoms with van der Waals surface area (Å²) in [5, 5.41) is 3.04. The number of methoxy groups -OCH3 is 1. The summed E-state index contributed by atoms with van der Waals surface area (Å²) >= 11 is 0. The molecule has 1 heterocycles. The average molecular weight is 325 g/mol. The molecular formula is C20H23NO3. The quantitative estimate of drug-likeness (QED) is 0.939. The van der Waals surface area contributed by atoms with Crippen LogP contribution in [0.5, 0.6) is 11.5 Å². The molecule has 1 unspecified atom stereocenters. The maximum absolute atomic E-state index is 12.5. The lowest BCUT2D eigenvalue weighted by Crippen LogP contribution is -2.37. The van der Waals surface area contributed by atoms with E-state index in [0.717, 1.165) is 22.6 Å². The number of aryl methyl sites for hydroxylation is 2. The van der Waals surface area contributed by atoms with E-state index in [1.54, 1.807) is 7.11 Å². The van der Waals surface area contributed by atoms with Crippen LogP contribution in [0, 0.1) is 19.8 Å². The van der Waals surface area contributed by atoms with Crippen LogP contribution in [0.15, 0.2) is 36.4 Å². The van der Waals surface area contributed by atoms with Gasteiger partial charge in [0, 0.05) is 6.54 Å². The Kier molecular flexibility index (Phi) is 4.74. The number of amides is 1. The van der Waals surface area contributed by atoms with Crippen molar-refractivity contribution in [2.45, 2.75) is 26.8 Å². The van der Waals surface area contributed by atoms with Crippen molar-refractivity contribution >= 4 is 5.91 Å². The van der Waals surface area contributed by atoms with E-state index in [2.05, 4.69) is 37.4 Å². The van der Waals surface area contributed by atoms with E-state index in [4.69, 9.17) is 9.47 Å². The fourth-order valence-corrected chi connectivity index (χ4v) is 3.04. The number of rotatable bonds is 4. The summed E-state index contributed by atoms with van der Waals surface area (Å²) in [4.78, 5) is 12.5. The summed E-state index contributed by atoms with van der Waals surface area (Å²) in [7, 11) is 1.64. The zero-order chi connectivity index (χ0) is 17.1. The van der Waals surface area contributed by atoms with Crippen LogP contribution in [0.25, 0.3) is 0 Å².